The van der Waals surface area contributed by atoms with E-state index in [1.54, 1.807) is 13.8 Å². The number of alkyl halides is 6. The molecule has 96 valence electrons. The SMILES string of the molecule is CCN(CC)PC1C(F)(F)C(F)(F)C1(F)F. The molecule has 0 amide bonds. The predicted molar refractivity (Wildman–Crippen MR) is 49.9 cm³/mol. The quantitative estimate of drug-likeness (QED) is 0.558. The zero-order chi connectivity index (χ0) is 12.8. The first-order valence-electron chi connectivity index (χ1n) is 4.77. The Balaban J connectivity index is 2.83. The van der Waals surface area contributed by atoms with E-state index in [0.717, 1.165) is 0 Å². The standard InChI is InChI=1S/C8H12F6NP/c1-3-15(4-2)16-5-6(9,10)8(13,14)7(5,11)12/h5,16H,3-4H2,1-2H3. The lowest BCUT2D eigenvalue weighted by Crippen LogP contribution is -2.76. The molecule has 0 radical (unpaired) electrons. The van der Waals surface area contributed by atoms with E-state index in [-0.39, 0.29) is 13.1 Å². The van der Waals surface area contributed by atoms with Gasteiger partial charge in [-0.2, -0.15) is 26.3 Å². The Morgan fingerprint density at radius 2 is 1.31 bits per heavy atom. The van der Waals surface area contributed by atoms with Crippen LogP contribution in [0, 0.1) is 0 Å². The van der Waals surface area contributed by atoms with E-state index in [0.29, 0.717) is 0 Å². The van der Waals surface area contributed by atoms with Crippen molar-refractivity contribution in [2.75, 3.05) is 13.1 Å². The van der Waals surface area contributed by atoms with E-state index in [1.165, 1.54) is 4.67 Å². The molecule has 1 rings (SSSR count). The van der Waals surface area contributed by atoms with Crippen LogP contribution >= 0.6 is 8.73 Å². The smallest absolute Gasteiger partial charge is 0.284 e. The van der Waals surface area contributed by atoms with Gasteiger partial charge in [0.05, 0.1) is 0 Å². The van der Waals surface area contributed by atoms with Gasteiger partial charge in [-0.3, -0.25) is 4.67 Å². The molecule has 0 aromatic carbocycles. The average molecular weight is 267 g/mol. The summed E-state index contributed by atoms with van der Waals surface area (Å²) in [5, 5.41) is 0. The van der Waals surface area contributed by atoms with E-state index >= 15 is 0 Å². The summed E-state index contributed by atoms with van der Waals surface area (Å²) in [6, 6.07) is 0. The summed E-state index contributed by atoms with van der Waals surface area (Å²) in [7, 11) is -0.993. The van der Waals surface area contributed by atoms with Gasteiger partial charge in [-0.15, -0.1) is 0 Å². The minimum Gasteiger partial charge on any atom is -0.284 e. The van der Waals surface area contributed by atoms with Gasteiger partial charge >= 0.3 is 17.8 Å². The maximum atomic E-state index is 12.9. The van der Waals surface area contributed by atoms with Crippen LogP contribution in [0.5, 0.6) is 0 Å². The molecule has 0 aromatic rings. The number of hydrogen-bond donors (Lipinski definition) is 0. The van der Waals surface area contributed by atoms with Crippen LogP contribution in [0.2, 0.25) is 0 Å². The van der Waals surface area contributed by atoms with Gasteiger partial charge in [-0.05, 0) is 21.8 Å². The van der Waals surface area contributed by atoms with Crippen molar-refractivity contribution in [3.05, 3.63) is 0 Å². The Morgan fingerprint density at radius 1 is 0.938 bits per heavy atom. The molecule has 0 N–H and O–H groups in total. The number of rotatable bonds is 4. The van der Waals surface area contributed by atoms with Crippen molar-refractivity contribution in [1.82, 2.24) is 4.67 Å². The van der Waals surface area contributed by atoms with Gasteiger partial charge in [0.25, 0.3) is 0 Å². The molecule has 1 fully saturated rings. The summed E-state index contributed by atoms with van der Waals surface area (Å²) >= 11 is 0. The molecule has 1 unspecified atom stereocenters. The molecule has 0 aromatic heterocycles. The van der Waals surface area contributed by atoms with Crippen molar-refractivity contribution in [2.24, 2.45) is 0 Å². The highest BCUT2D eigenvalue weighted by molar-refractivity contribution is 7.36. The van der Waals surface area contributed by atoms with Crippen LogP contribution in [0.15, 0.2) is 0 Å². The van der Waals surface area contributed by atoms with E-state index in [9.17, 15) is 26.3 Å². The predicted octanol–water partition coefficient (Wildman–Crippen LogP) is 3.21. The van der Waals surface area contributed by atoms with Crippen LogP contribution < -0.4 is 0 Å². The molecule has 0 spiro atoms. The molecule has 0 aliphatic heterocycles. The van der Waals surface area contributed by atoms with Crippen LogP contribution in [0.4, 0.5) is 26.3 Å². The maximum absolute atomic E-state index is 12.9. The van der Waals surface area contributed by atoms with Gasteiger partial charge in [-0.1, -0.05) is 13.8 Å². The van der Waals surface area contributed by atoms with Crippen LogP contribution in [0.25, 0.3) is 0 Å². The molecule has 1 aliphatic carbocycles. The highest BCUT2D eigenvalue weighted by Gasteiger charge is 2.90. The first-order valence-corrected chi connectivity index (χ1v) is 5.79. The second-order valence-corrected chi connectivity index (χ2v) is 5.02. The van der Waals surface area contributed by atoms with Crippen molar-refractivity contribution in [2.45, 2.75) is 37.3 Å². The average Bonchev–Trinajstić information content (AvgIpc) is 2.17. The normalized spacial score (nSPS) is 27.6. The van der Waals surface area contributed by atoms with Crippen molar-refractivity contribution in [1.29, 1.82) is 0 Å². The summed E-state index contributed by atoms with van der Waals surface area (Å²) in [5.41, 5.74) is -2.57. The molecule has 1 saturated carbocycles. The lowest BCUT2D eigenvalue weighted by atomic mass is 9.83. The fourth-order valence-electron chi connectivity index (χ4n) is 1.49. The van der Waals surface area contributed by atoms with Gasteiger partial charge in [0.1, 0.15) is 5.66 Å². The Bertz CT molecular complexity index is 247. The largest absolute Gasteiger partial charge is 0.373 e. The van der Waals surface area contributed by atoms with E-state index in [2.05, 4.69) is 0 Å². The third-order valence-corrected chi connectivity index (χ3v) is 4.62. The Morgan fingerprint density at radius 3 is 1.62 bits per heavy atom. The van der Waals surface area contributed by atoms with Gasteiger partial charge in [0, 0.05) is 0 Å². The first kappa shape index (κ1) is 14.0. The summed E-state index contributed by atoms with van der Waals surface area (Å²) in [6.45, 7) is 3.76. The fourth-order valence-corrected chi connectivity index (χ4v) is 2.90. The summed E-state index contributed by atoms with van der Waals surface area (Å²) in [5.74, 6) is -14.4. The van der Waals surface area contributed by atoms with E-state index in [4.69, 9.17) is 0 Å². The topological polar surface area (TPSA) is 3.24 Å². The summed E-state index contributed by atoms with van der Waals surface area (Å²) in [6.07, 6.45) is 0. The summed E-state index contributed by atoms with van der Waals surface area (Å²) in [4.78, 5) is 0. The van der Waals surface area contributed by atoms with Crippen molar-refractivity contribution in [3.63, 3.8) is 0 Å². The fraction of sp³-hybridized carbons (Fsp3) is 1.00. The van der Waals surface area contributed by atoms with E-state index < -0.39 is 32.2 Å². The monoisotopic (exact) mass is 267 g/mol. The van der Waals surface area contributed by atoms with Gasteiger partial charge in [0.15, 0.2) is 0 Å². The van der Waals surface area contributed by atoms with Gasteiger partial charge in [-0.25, -0.2) is 0 Å². The molecular weight excluding hydrogens is 255 g/mol. The zero-order valence-corrected chi connectivity index (χ0v) is 9.71. The zero-order valence-electron chi connectivity index (χ0n) is 8.71. The van der Waals surface area contributed by atoms with Crippen LogP contribution in [0.3, 0.4) is 0 Å². The van der Waals surface area contributed by atoms with Crippen LogP contribution in [0.1, 0.15) is 13.8 Å². The van der Waals surface area contributed by atoms with Crippen molar-refractivity contribution >= 4 is 8.73 Å². The van der Waals surface area contributed by atoms with Gasteiger partial charge < -0.3 is 0 Å². The Hall–Kier alpha value is -0.0300. The van der Waals surface area contributed by atoms with E-state index in [1.807, 2.05) is 0 Å². The maximum Gasteiger partial charge on any atom is 0.373 e. The van der Waals surface area contributed by atoms with Crippen LogP contribution in [-0.4, -0.2) is 41.2 Å². The molecule has 0 heterocycles. The molecule has 8 heteroatoms. The number of nitrogens with zero attached hydrogens (tertiary/aromatic N) is 1. The molecule has 1 atom stereocenters. The van der Waals surface area contributed by atoms with Crippen LogP contribution in [-0.2, 0) is 0 Å². The highest BCUT2D eigenvalue weighted by Crippen LogP contribution is 2.66. The number of halogens is 6. The minimum absolute atomic E-state index is 0.281. The van der Waals surface area contributed by atoms with Gasteiger partial charge in [0.2, 0.25) is 0 Å². The second-order valence-electron chi connectivity index (χ2n) is 3.55. The Labute approximate surface area is 91.0 Å². The second kappa shape index (κ2) is 4.02. The highest BCUT2D eigenvalue weighted by atomic mass is 31.1. The lowest BCUT2D eigenvalue weighted by molar-refractivity contribution is -0.391. The molecule has 1 aliphatic rings. The summed E-state index contributed by atoms with van der Waals surface area (Å²) < 4.78 is 77.7. The molecule has 0 saturated heterocycles. The molecule has 16 heavy (non-hydrogen) atoms. The number of hydrogen-bond acceptors (Lipinski definition) is 1. The Kier molecular flexibility index (Phi) is 3.52. The van der Waals surface area contributed by atoms with Crippen molar-refractivity contribution in [3.8, 4) is 0 Å². The molecule has 1 nitrogen and oxygen atoms in total. The first-order chi connectivity index (χ1) is 7.12. The molecule has 0 bridgehead atoms. The van der Waals surface area contributed by atoms with Crippen molar-refractivity contribution < 1.29 is 26.3 Å². The molecular formula is C8H12F6NP. The third kappa shape index (κ3) is 1.63. The third-order valence-electron chi connectivity index (χ3n) is 2.64. The lowest BCUT2D eigenvalue weighted by Gasteiger charge is -2.51. The minimum atomic E-state index is -5.22.